The third kappa shape index (κ3) is 3.90. The van der Waals surface area contributed by atoms with Gasteiger partial charge in [-0.25, -0.2) is 22.4 Å². The molecule has 0 aliphatic carbocycles. The fourth-order valence-corrected chi connectivity index (χ4v) is 1.96. The van der Waals surface area contributed by atoms with Crippen molar-refractivity contribution in [3.63, 3.8) is 0 Å². The molecule has 23 heavy (non-hydrogen) atoms. The molecule has 0 aliphatic rings. The minimum Gasteiger partial charge on any atom is -0.462 e. The Bertz CT molecular complexity index is 660. The molecule has 126 valence electrons. The number of carbonyl (C=O) groups is 2. The number of nitrogens with zero attached hydrogens (tertiary/aromatic N) is 1. The summed E-state index contributed by atoms with van der Waals surface area (Å²) in [6.45, 7) is 1.35. The average Bonchev–Trinajstić information content (AvgIpc) is 2.48. The second-order valence-electron chi connectivity index (χ2n) is 4.50. The van der Waals surface area contributed by atoms with Crippen LogP contribution in [0.4, 0.5) is 17.6 Å². The van der Waals surface area contributed by atoms with Gasteiger partial charge in [0.05, 0.1) is 11.1 Å². The maximum Gasteiger partial charge on any atom is 0.343 e. The van der Waals surface area contributed by atoms with E-state index in [9.17, 15) is 27.2 Å². The van der Waals surface area contributed by atoms with Crippen molar-refractivity contribution >= 4 is 27.7 Å². The van der Waals surface area contributed by atoms with Crippen molar-refractivity contribution in [3.8, 4) is 0 Å². The summed E-state index contributed by atoms with van der Waals surface area (Å²) in [6.07, 6.45) is 0.942. The van der Waals surface area contributed by atoms with E-state index in [0.29, 0.717) is 0 Å². The summed E-state index contributed by atoms with van der Waals surface area (Å²) in [5.41, 5.74) is -2.28. The Balaban J connectivity index is 3.56. The number of ether oxygens (including phenoxy) is 1. The van der Waals surface area contributed by atoms with Gasteiger partial charge < -0.3 is 9.64 Å². The molecule has 0 fully saturated rings. The predicted molar refractivity (Wildman–Crippen MR) is 76.7 cm³/mol. The number of rotatable bonds is 5. The largest absolute Gasteiger partial charge is 0.462 e. The van der Waals surface area contributed by atoms with Gasteiger partial charge in [-0.1, -0.05) is 0 Å². The van der Waals surface area contributed by atoms with Gasteiger partial charge in [-0.2, -0.15) is 0 Å². The summed E-state index contributed by atoms with van der Waals surface area (Å²) in [5, 5.41) is 0. The molecule has 0 saturated carbocycles. The van der Waals surface area contributed by atoms with Crippen molar-refractivity contribution in [2.75, 3.05) is 20.7 Å². The van der Waals surface area contributed by atoms with Crippen LogP contribution in [-0.2, 0) is 9.53 Å². The van der Waals surface area contributed by atoms with Crippen LogP contribution in [0.2, 0.25) is 0 Å². The molecule has 1 aromatic rings. The molecule has 0 saturated heterocycles. The van der Waals surface area contributed by atoms with Gasteiger partial charge in [0, 0.05) is 20.3 Å². The normalized spacial score (nSPS) is 11.4. The maximum absolute atomic E-state index is 13.9. The topological polar surface area (TPSA) is 46.6 Å². The van der Waals surface area contributed by atoms with Crippen LogP contribution in [-0.4, -0.2) is 37.4 Å². The Morgan fingerprint density at radius 3 is 1.96 bits per heavy atom. The number of carbonyl (C=O) groups excluding carboxylic acids is 2. The van der Waals surface area contributed by atoms with Crippen molar-refractivity contribution < 1.29 is 31.9 Å². The van der Waals surface area contributed by atoms with Crippen molar-refractivity contribution in [2.45, 2.75) is 6.92 Å². The molecule has 0 spiro atoms. The molecule has 0 unspecified atom stereocenters. The number of esters is 1. The molecule has 0 radical (unpaired) electrons. The van der Waals surface area contributed by atoms with Crippen molar-refractivity contribution in [2.24, 2.45) is 0 Å². The van der Waals surface area contributed by atoms with Crippen LogP contribution < -0.4 is 0 Å². The summed E-state index contributed by atoms with van der Waals surface area (Å²) >= 11 is 2.34. The van der Waals surface area contributed by atoms with Crippen LogP contribution in [0.25, 0.3) is 0 Å². The van der Waals surface area contributed by atoms with E-state index in [1.54, 1.807) is 0 Å². The van der Waals surface area contributed by atoms with Crippen LogP contribution in [0.3, 0.4) is 0 Å². The monoisotopic (exact) mass is 397 g/mol. The van der Waals surface area contributed by atoms with Crippen LogP contribution in [0.15, 0.2) is 16.2 Å². The van der Waals surface area contributed by atoms with Gasteiger partial charge in [0.15, 0.2) is 23.3 Å². The van der Waals surface area contributed by atoms with Gasteiger partial charge in [-0.3, -0.25) is 4.79 Å². The lowest BCUT2D eigenvalue weighted by molar-refractivity contribution is -0.138. The molecule has 1 rings (SSSR count). The Labute approximate surface area is 137 Å². The lowest BCUT2D eigenvalue weighted by atomic mass is 10.0. The summed E-state index contributed by atoms with van der Waals surface area (Å²) in [6, 6.07) is 0. The molecule has 0 bridgehead atoms. The molecule has 0 N–H and O–H groups in total. The SMILES string of the molecule is CCOC(=O)C(=CN(C)C)C(=O)c1c(F)c(F)c(Br)c(F)c1F. The van der Waals surface area contributed by atoms with Crippen LogP contribution >= 0.6 is 15.9 Å². The highest BCUT2D eigenvalue weighted by Gasteiger charge is 2.32. The quantitative estimate of drug-likeness (QED) is 0.112. The zero-order valence-electron chi connectivity index (χ0n) is 12.3. The summed E-state index contributed by atoms with van der Waals surface area (Å²) < 4.78 is 58.4. The van der Waals surface area contributed by atoms with Gasteiger partial charge in [-0.05, 0) is 22.9 Å². The molecule has 0 aromatic heterocycles. The van der Waals surface area contributed by atoms with E-state index in [-0.39, 0.29) is 6.61 Å². The van der Waals surface area contributed by atoms with E-state index in [1.165, 1.54) is 25.9 Å². The van der Waals surface area contributed by atoms with E-state index in [0.717, 1.165) is 6.20 Å². The lowest BCUT2D eigenvalue weighted by Gasteiger charge is -2.12. The number of hydrogen-bond donors (Lipinski definition) is 0. The molecule has 0 heterocycles. The fourth-order valence-electron chi connectivity index (χ4n) is 1.61. The number of Topliss-reactive ketones (excluding diaryl/α,β-unsaturated/α-hetero) is 1. The smallest absolute Gasteiger partial charge is 0.343 e. The Kier molecular flexibility index (Phi) is 6.31. The van der Waals surface area contributed by atoms with E-state index in [4.69, 9.17) is 0 Å². The average molecular weight is 398 g/mol. The molecule has 0 atom stereocenters. The molecular weight excluding hydrogens is 386 g/mol. The van der Waals surface area contributed by atoms with Gasteiger partial charge >= 0.3 is 5.97 Å². The summed E-state index contributed by atoms with van der Waals surface area (Å²) in [5.74, 6) is -10.1. The first-order valence-electron chi connectivity index (χ1n) is 6.24. The summed E-state index contributed by atoms with van der Waals surface area (Å²) in [7, 11) is 2.87. The first kappa shape index (κ1) is 19.1. The predicted octanol–water partition coefficient (Wildman–Crippen LogP) is 3.20. The van der Waals surface area contributed by atoms with Crippen LogP contribution in [0, 0.1) is 23.3 Å². The standard InChI is InChI=1S/C14H12BrF4NO3/c1-4-23-14(22)6(5-20(2)3)13(21)7-9(16)11(18)8(15)12(19)10(7)17/h5H,4H2,1-3H3. The minimum atomic E-state index is -1.91. The molecule has 0 aliphatic heterocycles. The molecular formula is C14H12BrF4NO3. The van der Waals surface area contributed by atoms with E-state index >= 15 is 0 Å². The van der Waals surface area contributed by atoms with Crippen molar-refractivity contribution in [1.29, 1.82) is 0 Å². The van der Waals surface area contributed by atoms with Crippen LogP contribution in [0.1, 0.15) is 17.3 Å². The lowest BCUT2D eigenvalue weighted by Crippen LogP contribution is -2.22. The van der Waals surface area contributed by atoms with Gasteiger partial charge in [-0.15, -0.1) is 0 Å². The van der Waals surface area contributed by atoms with Crippen molar-refractivity contribution in [3.05, 3.63) is 45.1 Å². The third-order valence-corrected chi connectivity index (χ3v) is 3.26. The maximum atomic E-state index is 13.9. The zero-order valence-corrected chi connectivity index (χ0v) is 13.9. The van der Waals surface area contributed by atoms with Gasteiger partial charge in [0.25, 0.3) is 0 Å². The first-order chi connectivity index (χ1) is 10.6. The number of halogens is 5. The number of benzene rings is 1. The highest BCUT2D eigenvalue weighted by Crippen LogP contribution is 2.29. The Morgan fingerprint density at radius 2 is 1.57 bits per heavy atom. The highest BCUT2D eigenvalue weighted by molar-refractivity contribution is 9.10. The second kappa shape index (κ2) is 7.58. The van der Waals surface area contributed by atoms with Crippen LogP contribution in [0.5, 0.6) is 0 Å². The van der Waals surface area contributed by atoms with E-state index in [2.05, 4.69) is 20.7 Å². The molecule has 9 heteroatoms. The minimum absolute atomic E-state index is 0.106. The number of hydrogen-bond acceptors (Lipinski definition) is 4. The van der Waals surface area contributed by atoms with Crippen molar-refractivity contribution in [1.82, 2.24) is 4.90 Å². The fraction of sp³-hybridized carbons (Fsp3) is 0.286. The summed E-state index contributed by atoms with van der Waals surface area (Å²) in [4.78, 5) is 25.2. The highest BCUT2D eigenvalue weighted by atomic mass is 79.9. The van der Waals surface area contributed by atoms with Gasteiger partial charge in [0.2, 0.25) is 5.78 Å². The zero-order chi connectivity index (χ0) is 17.9. The molecule has 4 nitrogen and oxygen atoms in total. The Morgan fingerprint density at radius 1 is 1.09 bits per heavy atom. The van der Waals surface area contributed by atoms with E-state index in [1.807, 2.05) is 0 Å². The van der Waals surface area contributed by atoms with E-state index < -0.39 is 50.6 Å². The second-order valence-corrected chi connectivity index (χ2v) is 5.29. The first-order valence-corrected chi connectivity index (χ1v) is 7.04. The van der Waals surface area contributed by atoms with Gasteiger partial charge in [0.1, 0.15) is 11.1 Å². The molecule has 1 aromatic carbocycles. The Hall–Kier alpha value is -1.90. The molecule has 0 amide bonds. The number of ketones is 1. The third-order valence-electron chi connectivity index (χ3n) is 2.56.